The van der Waals surface area contributed by atoms with Gasteiger partial charge < -0.3 is 14.4 Å². The van der Waals surface area contributed by atoms with Crippen LogP contribution in [0.15, 0.2) is 23.2 Å². The molecule has 0 radical (unpaired) electrons. The quantitative estimate of drug-likeness (QED) is 0.773. The number of amides is 1. The summed E-state index contributed by atoms with van der Waals surface area (Å²) in [6.45, 7) is 3.96. The van der Waals surface area contributed by atoms with E-state index in [-0.39, 0.29) is 41.4 Å². The number of anilines is 1. The van der Waals surface area contributed by atoms with Gasteiger partial charge in [0.1, 0.15) is 0 Å². The predicted molar refractivity (Wildman–Crippen MR) is 101 cm³/mol. The van der Waals surface area contributed by atoms with Gasteiger partial charge >= 0.3 is 0 Å². The number of benzene rings is 1. The lowest BCUT2D eigenvalue weighted by atomic mass is 10.1. The Balaban J connectivity index is 1.73. The molecule has 0 spiro atoms. The first-order valence-electron chi connectivity index (χ1n) is 8.56. The number of aliphatic imine (C=N–C) groups is 1. The van der Waals surface area contributed by atoms with Crippen molar-refractivity contribution < 1.29 is 22.7 Å². The molecule has 0 unspecified atom stereocenters. The van der Waals surface area contributed by atoms with Crippen molar-refractivity contribution in [3.8, 4) is 11.5 Å². The summed E-state index contributed by atoms with van der Waals surface area (Å²) in [7, 11) is -3.09. The van der Waals surface area contributed by atoms with Crippen LogP contribution in [0, 0.1) is 5.92 Å². The van der Waals surface area contributed by atoms with Crippen LogP contribution in [-0.4, -0.2) is 49.1 Å². The number of fused-ring (bicyclic) bond motifs is 2. The van der Waals surface area contributed by atoms with Crippen LogP contribution in [0.5, 0.6) is 11.5 Å². The second kappa shape index (κ2) is 6.45. The fourth-order valence-electron chi connectivity index (χ4n) is 3.28. The number of sulfone groups is 1. The molecule has 3 heterocycles. The molecule has 26 heavy (non-hydrogen) atoms. The fourth-order valence-corrected chi connectivity index (χ4v) is 7.20. The summed E-state index contributed by atoms with van der Waals surface area (Å²) >= 11 is 1.38. The van der Waals surface area contributed by atoms with Gasteiger partial charge in [0.05, 0.1) is 17.5 Å². The Morgan fingerprint density at radius 1 is 1.35 bits per heavy atom. The van der Waals surface area contributed by atoms with Crippen LogP contribution >= 0.6 is 11.8 Å². The highest BCUT2D eigenvalue weighted by Gasteiger charge is 2.49. The van der Waals surface area contributed by atoms with Crippen LogP contribution in [0.25, 0.3) is 0 Å². The van der Waals surface area contributed by atoms with Crippen molar-refractivity contribution in [3.05, 3.63) is 18.2 Å². The minimum atomic E-state index is -3.09. The summed E-state index contributed by atoms with van der Waals surface area (Å²) in [6, 6.07) is 5.24. The van der Waals surface area contributed by atoms with Crippen LogP contribution in [0.4, 0.5) is 5.69 Å². The lowest BCUT2D eigenvalue weighted by Gasteiger charge is -2.24. The minimum absolute atomic E-state index is 0.0651. The molecule has 0 bridgehead atoms. The first kappa shape index (κ1) is 17.7. The minimum Gasteiger partial charge on any atom is -0.454 e. The molecule has 0 aromatic heterocycles. The number of ether oxygens (including phenoxy) is 2. The molecular formula is C17H20N2O5S2. The number of amidine groups is 1. The van der Waals surface area contributed by atoms with Crippen molar-refractivity contribution in [3.63, 3.8) is 0 Å². The molecule has 2 saturated heterocycles. The van der Waals surface area contributed by atoms with E-state index in [1.165, 1.54) is 11.8 Å². The van der Waals surface area contributed by atoms with Gasteiger partial charge in [-0.25, -0.2) is 8.42 Å². The average Bonchev–Trinajstić information content (AvgIpc) is 3.25. The summed E-state index contributed by atoms with van der Waals surface area (Å²) in [6.07, 6.45) is 0.714. The predicted octanol–water partition coefficient (Wildman–Crippen LogP) is 2.06. The Morgan fingerprint density at radius 2 is 2.12 bits per heavy atom. The molecule has 0 N–H and O–H groups in total. The Kier molecular flexibility index (Phi) is 4.38. The molecule has 1 amide bonds. The van der Waals surface area contributed by atoms with Crippen LogP contribution in [0.2, 0.25) is 0 Å². The van der Waals surface area contributed by atoms with Gasteiger partial charge in [0.2, 0.25) is 6.79 Å². The van der Waals surface area contributed by atoms with E-state index in [1.54, 1.807) is 6.07 Å². The first-order chi connectivity index (χ1) is 12.4. The van der Waals surface area contributed by atoms with E-state index in [4.69, 9.17) is 9.47 Å². The molecule has 7 nitrogen and oxygen atoms in total. The monoisotopic (exact) mass is 396 g/mol. The van der Waals surface area contributed by atoms with Gasteiger partial charge in [-0.3, -0.25) is 4.79 Å². The number of carbonyl (C=O) groups excluding carboxylic acids is 1. The molecule has 4 rings (SSSR count). The molecule has 140 valence electrons. The summed E-state index contributed by atoms with van der Waals surface area (Å²) < 4.78 is 35.0. The number of hydrogen-bond acceptors (Lipinski definition) is 6. The van der Waals surface area contributed by atoms with Crippen molar-refractivity contribution in [1.82, 2.24) is 0 Å². The fraction of sp³-hybridized carbons (Fsp3) is 0.529. The standard InChI is InChI=1S/C17H20N2O5S2/c1-3-10(2)16(20)18-17-19(12-7-26(21,22)8-15(12)25-17)11-4-5-13-14(6-11)24-9-23-13/h4-6,10,12,15H,3,7-9H2,1-2H3/t10-,12-,15+/m0/s1. The molecule has 9 heteroatoms. The molecule has 0 saturated carbocycles. The zero-order chi connectivity index (χ0) is 18.5. The maximum atomic E-state index is 12.4. The molecule has 3 atom stereocenters. The summed E-state index contributed by atoms with van der Waals surface area (Å²) in [5.74, 6) is 1.11. The molecule has 3 aliphatic heterocycles. The van der Waals surface area contributed by atoms with Gasteiger partial charge in [-0.2, -0.15) is 4.99 Å². The van der Waals surface area contributed by atoms with E-state index in [2.05, 4.69) is 4.99 Å². The normalized spacial score (nSPS) is 28.4. The number of hydrogen-bond donors (Lipinski definition) is 0. The van der Waals surface area contributed by atoms with Crippen molar-refractivity contribution >= 4 is 38.4 Å². The number of thioether (sulfide) groups is 1. The average molecular weight is 396 g/mol. The third kappa shape index (κ3) is 3.07. The maximum Gasteiger partial charge on any atom is 0.250 e. The van der Waals surface area contributed by atoms with E-state index in [0.717, 1.165) is 5.69 Å². The van der Waals surface area contributed by atoms with Crippen molar-refractivity contribution in [2.75, 3.05) is 23.2 Å². The van der Waals surface area contributed by atoms with Gasteiger partial charge in [-0.15, -0.1) is 0 Å². The Morgan fingerprint density at radius 3 is 2.88 bits per heavy atom. The zero-order valence-electron chi connectivity index (χ0n) is 14.5. The molecular weight excluding hydrogens is 376 g/mol. The second-order valence-electron chi connectivity index (χ2n) is 6.75. The molecule has 0 aliphatic carbocycles. The number of rotatable bonds is 3. The van der Waals surface area contributed by atoms with Gasteiger partial charge in [-0.05, 0) is 18.6 Å². The lowest BCUT2D eigenvalue weighted by Crippen LogP contribution is -2.37. The Labute approximate surface area is 156 Å². The SMILES string of the molecule is CC[C@H](C)C(=O)N=C1S[C@@H]2CS(=O)(=O)C[C@@H]2N1c1ccc2c(c1)OCO2. The van der Waals surface area contributed by atoms with Crippen LogP contribution in [0.3, 0.4) is 0 Å². The van der Waals surface area contributed by atoms with Crippen LogP contribution < -0.4 is 14.4 Å². The summed E-state index contributed by atoms with van der Waals surface area (Å²) in [4.78, 5) is 18.6. The third-order valence-electron chi connectivity index (χ3n) is 4.94. The number of carbonyl (C=O) groups is 1. The third-order valence-corrected chi connectivity index (χ3v) is 8.15. The Bertz CT molecular complexity index is 883. The highest BCUT2D eigenvalue weighted by atomic mass is 32.2. The lowest BCUT2D eigenvalue weighted by molar-refractivity contribution is -0.121. The van der Waals surface area contributed by atoms with E-state index in [0.29, 0.717) is 23.1 Å². The van der Waals surface area contributed by atoms with E-state index in [1.807, 2.05) is 30.9 Å². The van der Waals surface area contributed by atoms with Gasteiger partial charge in [0.25, 0.3) is 5.91 Å². The van der Waals surface area contributed by atoms with E-state index in [9.17, 15) is 13.2 Å². The second-order valence-corrected chi connectivity index (χ2v) is 10.1. The van der Waals surface area contributed by atoms with Crippen molar-refractivity contribution in [1.29, 1.82) is 0 Å². The largest absolute Gasteiger partial charge is 0.454 e. The highest BCUT2D eigenvalue weighted by Crippen LogP contribution is 2.44. The zero-order valence-corrected chi connectivity index (χ0v) is 16.2. The molecule has 3 aliphatic rings. The van der Waals surface area contributed by atoms with Gasteiger partial charge in [0.15, 0.2) is 26.5 Å². The number of nitrogens with zero attached hydrogens (tertiary/aromatic N) is 2. The van der Waals surface area contributed by atoms with Gasteiger partial charge in [0, 0.05) is 22.9 Å². The van der Waals surface area contributed by atoms with E-state index < -0.39 is 9.84 Å². The Hall–Kier alpha value is -1.74. The molecule has 1 aromatic rings. The van der Waals surface area contributed by atoms with Crippen LogP contribution in [-0.2, 0) is 14.6 Å². The summed E-state index contributed by atoms with van der Waals surface area (Å²) in [5.41, 5.74) is 0.766. The molecule has 2 fully saturated rings. The van der Waals surface area contributed by atoms with Crippen molar-refractivity contribution in [2.24, 2.45) is 10.9 Å². The first-order valence-corrected chi connectivity index (χ1v) is 11.3. The highest BCUT2D eigenvalue weighted by molar-refractivity contribution is 8.16. The van der Waals surface area contributed by atoms with E-state index >= 15 is 0 Å². The van der Waals surface area contributed by atoms with Gasteiger partial charge in [-0.1, -0.05) is 25.6 Å². The molecule has 1 aromatic carbocycles. The topological polar surface area (TPSA) is 85.3 Å². The van der Waals surface area contributed by atoms with Crippen molar-refractivity contribution in [2.45, 2.75) is 31.6 Å². The smallest absolute Gasteiger partial charge is 0.250 e. The van der Waals surface area contributed by atoms with Crippen LogP contribution in [0.1, 0.15) is 20.3 Å². The summed E-state index contributed by atoms with van der Waals surface area (Å²) in [5, 5.41) is 0.452. The maximum absolute atomic E-state index is 12.4.